The molecule has 0 saturated heterocycles. The van der Waals surface area contributed by atoms with Gasteiger partial charge in [-0.15, -0.1) is 0 Å². The number of guanidine groups is 1. The lowest BCUT2D eigenvalue weighted by atomic mass is 10.3. The second-order valence-electron chi connectivity index (χ2n) is 3.31. The maximum absolute atomic E-state index is 11.5. The second kappa shape index (κ2) is 3.27. The van der Waals surface area contributed by atoms with Gasteiger partial charge in [0.15, 0.2) is 0 Å². The molecule has 0 saturated carbocycles. The van der Waals surface area contributed by atoms with Gasteiger partial charge < -0.3 is 10.2 Å². The summed E-state index contributed by atoms with van der Waals surface area (Å²) in [6, 6.07) is 3.60. The van der Waals surface area contributed by atoms with Crippen molar-refractivity contribution in [3.63, 3.8) is 0 Å². The molecular formula is C10H11N3O2. The van der Waals surface area contributed by atoms with Crippen LogP contribution in [0.5, 0.6) is 0 Å². The minimum atomic E-state index is -0.221. The molecule has 1 aliphatic heterocycles. The molecule has 1 amide bonds. The second-order valence-corrected chi connectivity index (χ2v) is 3.31. The lowest BCUT2D eigenvalue weighted by Crippen LogP contribution is -2.33. The van der Waals surface area contributed by atoms with Crippen molar-refractivity contribution in [3.8, 4) is 0 Å². The van der Waals surface area contributed by atoms with Gasteiger partial charge in [-0.3, -0.25) is 9.69 Å². The molecule has 1 aliphatic rings. The van der Waals surface area contributed by atoms with Crippen molar-refractivity contribution >= 4 is 17.9 Å². The monoisotopic (exact) mass is 205 g/mol. The molecule has 2 rings (SSSR count). The van der Waals surface area contributed by atoms with Gasteiger partial charge in [-0.1, -0.05) is 0 Å². The standard InChI is InChI=1S/C10H11N3O2/c1-6-3-4-7(15-6)5-8-9(14)13(2)10(11)12-8/h3-5H,1-2H3,(H2,11,12). The van der Waals surface area contributed by atoms with Crippen molar-refractivity contribution in [1.82, 2.24) is 4.90 Å². The van der Waals surface area contributed by atoms with Gasteiger partial charge in [-0.25, -0.2) is 4.99 Å². The molecule has 1 aromatic rings. The molecule has 78 valence electrons. The SMILES string of the molecule is Cc1ccc(C=C2N=C(N)N(C)C2=O)o1. The molecule has 0 fully saturated rings. The zero-order valence-corrected chi connectivity index (χ0v) is 8.52. The van der Waals surface area contributed by atoms with Gasteiger partial charge in [-0.2, -0.15) is 0 Å². The van der Waals surface area contributed by atoms with E-state index in [9.17, 15) is 4.79 Å². The molecule has 15 heavy (non-hydrogen) atoms. The quantitative estimate of drug-likeness (QED) is 0.686. The zero-order chi connectivity index (χ0) is 11.0. The van der Waals surface area contributed by atoms with E-state index in [1.54, 1.807) is 19.2 Å². The van der Waals surface area contributed by atoms with Gasteiger partial charge in [0, 0.05) is 13.1 Å². The van der Waals surface area contributed by atoms with Crippen LogP contribution in [0.2, 0.25) is 0 Å². The van der Waals surface area contributed by atoms with Gasteiger partial charge in [0.1, 0.15) is 17.2 Å². The van der Waals surface area contributed by atoms with Crippen molar-refractivity contribution in [2.75, 3.05) is 7.05 Å². The van der Waals surface area contributed by atoms with E-state index < -0.39 is 0 Å². The molecule has 1 aromatic heterocycles. The van der Waals surface area contributed by atoms with E-state index in [0.717, 1.165) is 5.76 Å². The van der Waals surface area contributed by atoms with Crippen molar-refractivity contribution in [1.29, 1.82) is 0 Å². The molecule has 0 bridgehead atoms. The van der Waals surface area contributed by atoms with Gasteiger partial charge in [0.2, 0.25) is 5.96 Å². The summed E-state index contributed by atoms with van der Waals surface area (Å²) in [5, 5.41) is 0. The predicted octanol–water partition coefficient (Wildman–Crippen LogP) is 0.716. The number of aryl methyl sites for hydroxylation is 1. The highest BCUT2D eigenvalue weighted by Crippen LogP contribution is 2.16. The Morgan fingerprint density at radius 3 is 2.73 bits per heavy atom. The fraction of sp³-hybridized carbons (Fsp3) is 0.200. The summed E-state index contributed by atoms with van der Waals surface area (Å²) in [5.74, 6) is 1.37. The topological polar surface area (TPSA) is 71.8 Å². The van der Waals surface area contributed by atoms with Gasteiger partial charge in [-0.05, 0) is 19.1 Å². The molecule has 0 unspecified atom stereocenters. The number of hydrogen-bond acceptors (Lipinski definition) is 4. The number of likely N-dealkylation sites (N-methyl/N-ethyl adjacent to an activating group) is 1. The lowest BCUT2D eigenvalue weighted by Gasteiger charge is -2.05. The number of hydrogen-bond donors (Lipinski definition) is 1. The van der Waals surface area contributed by atoms with Crippen LogP contribution >= 0.6 is 0 Å². The third-order valence-corrected chi connectivity index (χ3v) is 2.14. The molecule has 0 aliphatic carbocycles. The number of carbonyl (C=O) groups is 1. The third kappa shape index (κ3) is 1.63. The van der Waals surface area contributed by atoms with Crippen molar-refractivity contribution < 1.29 is 9.21 Å². The smallest absolute Gasteiger partial charge is 0.279 e. The highest BCUT2D eigenvalue weighted by Gasteiger charge is 2.24. The molecular weight excluding hydrogens is 194 g/mol. The number of aliphatic imine (C=N–C) groups is 1. The Morgan fingerprint density at radius 2 is 2.27 bits per heavy atom. The van der Waals surface area contributed by atoms with E-state index in [1.807, 2.05) is 13.0 Å². The Hall–Kier alpha value is -2.04. The first-order valence-corrected chi connectivity index (χ1v) is 4.48. The van der Waals surface area contributed by atoms with Crippen LogP contribution < -0.4 is 5.73 Å². The molecule has 0 radical (unpaired) electrons. The maximum atomic E-state index is 11.5. The predicted molar refractivity (Wildman–Crippen MR) is 55.8 cm³/mol. The average molecular weight is 205 g/mol. The first kappa shape index (κ1) is 9.51. The molecule has 2 N–H and O–H groups in total. The van der Waals surface area contributed by atoms with Crippen LogP contribution in [0.3, 0.4) is 0 Å². The molecule has 2 heterocycles. The number of amides is 1. The molecule has 5 nitrogen and oxygen atoms in total. The van der Waals surface area contributed by atoms with Crippen molar-refractivity contribution in [3.05, 3.63) is 29.4 Å². The van der Waals surface area contributed by atoms with Gasteiger partial charge in [0.05, 0.1) is 0 Å². The number of nitrogens with two attached hydrogens (primary N) is 1. The number of rotatable bonds is 1. The maximum Gasteiger partial charge on any atom is 0.279 e. The van der Waals surface area contributed by atoms with E-state index in [-0.39, 0.29) is 11.9 Å². The molecule has 0 spiro atoms. The van der Waals surface area contributed by atoms with Crippen LogP contribution in [-0.4, -0.2) is 23.8 Å². The van der Waals surface area contributed by atoms with Gasteiger partial charge >= 0.3 is 0 Å². The summed E-state index contributed by atoms with van der Waals surface area (Å²) in [6.45, 7) is 1.84. The van der Waals surface area contributed by atoms with Crippen LogP contribution in [0.25, 0.3) is 6.08 Å². The number of nitrogens with zero attached hydrogens (tertiary/aromatic N) is 2. The average Bonchev–Trinajstić information content (AvgIpc) is 2.68. The van der Waals surface area contributed by atoms with E-state index in [2.05, 4.69) is 4.99 Å². The molecule has 0 aromatic carbocycles. The number of carbonyl (C=O) groups excluding carboxylic acids is 1. The van der Waals surface area contributed by atoms with Crippen molar-refractivity contribution in [2.45, 2.75) is 6.92 Å². The van der Waals surface area contributed by atoms with E-state index in [4.69, 9.17) is 10.2 Å². The third-order valence-electron chi connectivity index (χ3n) is 2.14. The largest absolute Gasteiger partial charge is 0.462 e. The Balaban J connectivity index is 2.33. The highest BCUT2D eigenvalue weighted by molar-refractivity contribution is 6.12. The first-order valence-electron chi connectivity index (χ1n) is 4.48. The van der Waals surface area contributed by atoms with Crippen LogP contribution in [0, 0.1) is 6.92 Å². The Bertz CT molecular complexity index is 471. The first-order chi connectivity index (χ1) is 7.08. The highest BCUT2D eigenvalue weighted by atomic mass is 16.3. The summed E-state index contributed by atoms with van der Waals surface area (Å²) in [7, 11) is 1.58. The summed E-state index contributed by atoms with van der Waals surface area (Å²) >= 11 is 0. The van der Waals surface area contributed by atoms with Crippen LogP contribution in [0.15, 0.2) is 27.2 Å². The van der Waals surface area contributed by atoms with Gasteiger partial charge in [0.25, 0.3) is 5.91 Å². The van der Waals surface area contributed by atoms with Crippen LogP contribution in [-0.2, 0) is 4.79 Å². The van der Waals surface area contributed by atoms with E-state index in [1.165, 1.54) is 4.90 Å². The Kier molecular flexibility index (Phi) is 2.07. The minimum Gasteiger partial charge on any atom is -0.462 e. The fourth-order valence-corrected chi connectivity index (χ4v) is 1.28. The normalized spacial score (nSPS) is 18.8. The van der Waals surface area contributed by atoms with Crippen LogP contribution in [0.4, 0.5) is 0 Å². The summed E-state index contributed by atoms with van der Waals surface area (Å²) in [6.07, 6.45) is 1.58. The van der Waals surface area contributed by atoms with Crippen LogP contribution in [0.1, 0.15) is 11.5 Å². The Labute approximate surface area is 86.9 Å². The molecule has 5 heteroatoms. The summed E-state index contributed by atoms with van der Waals surface area (Å²) in [4.78, 5) is 16.8. The van der Waals surface area contributed by atoms with Crippen molar-refractivity contribution in [2.24, 2.45) is 10.7 Å². The minimum absolute atomic E-state index is 0.203. The molecule has 0 atom stereocenters. The van der Waals surface area contributed by atoms with E-state index in [0.29, 0.717) is 11.5 Å². The fourth-order valence-electron chi connectivity index (χ4n) is 1.28. The Morgan fingerprint density at radius 1 is 1.53 bits per heavy atom. The number of furan rings is 1. The zero-order valence-electron chi connectivity index (χ0n) is 8.52. The summed E-state index contributed by atoms with van der Waals surface area (Å²) < 4.78 is 5.31. The summed E-state index contributed by atoms with van der Waals surface area (Å²) in [5.41, 5.74) is 5.80. The van der Waals surface area contributed by atoms with E-state index >= 15 is 0 Å². The lowest BCUT2D eigenvalue weighted by molar-refractivity contribution is -0.121.